The Bertz CT molecular complexity index is 681. The van der Waals surface area contributed by atoms with Crippen LogP contribution in [0.1, 0.15) is 28.9 Å². The minimum Gasteiger partial charge on any atom is -0.355 e. The van der Waals surface area contributed by atoms with Crippen LogP contribution in [-0.4, -0.2) is 29.2 Å². The molecule has 114 valence electrons. The molecule has 0 saturated carbocycles. The largest absolute Gasteiger partial charge is 0.355 e. The van der Waals surface area contributed by atoms with E-state index in [0.29, 0.717) is 10.7 Å². The molecule has 0 unspecified atom stereocenters. The lowest BCUT2D eigenvalue weighted by molar-refractivity contribution is 0.102. The lowest BCUT2D eigenvalue weighted by Crippen LogP contribution is -2.21. The Morgan fingerprint density at radius 3 is 2.59 bits per heavy atom. The molecule has 1 aromatic carbocycles. The van der Waals surface area contributed by atoms with E-state index in [-0.39, 0.29) is 11.6 Å². The summed E-state index contributed by atoms with van der Waals surface area (Å²) in [5.41, 5.74) is 1.89. The highest BCUT2D eigenvalue weighted by atomic mass is 35.5. The smallest absolute Gasteiger partial charge is 0.276 e. The average molecular weight is 317 g/mol. The molecule has 3 rings (SSSR count). The second kappa shape index (κ2) is 6.32. The molecule has 5 nitrogen and oxygen atoms in total. The molecule has 0 bridgehead atoms. The third kappa shape index (κ3) is 3.20. The number of aromatic nitrogens is 2. The van der Waals surface area contributed by atoms with Crippen molar-refractivity contribution >= 4 is 29.0 Å². The maximum atomic E-state index is 12.2. The summed E-state index contributed by atoms with van der Waals surface area (Å²) >= 11 is 6.11. The van der Waals surface area contributed by atoms with E-state index in [1.54, 1.807) is 18.2 Å². The van der Waals surface area contributed by atoms with Crippen LogP contribution in [0.4, 0.5) is 11.5 Å². The van der Waals surface area contributed by atoms with Gasteiger partial charge in [-0.25, -0.2) is 0 Å². The number of anilines is 2. The molecule has 1 aliphatic heterocycles. The van der Waals surface area contributed by atoms with Crippen LogP contribution in [0, 0.1) is 6.92 Å². The Kier molecular flexibility index (Phi) is 4.24. The molecule has 2 aromatic rings. The van der Waals surface area contributed by atoms with Gasteiger partial charge in [0.05, 0.1) is 10.7 Å². The number of nitrogens with one attached hydrogen (secondary N) is 1. The molecule has 0 spiro atoms. The maximum absolute atomic E-state index is 12.2. The SMILES string of the molecule is Cc1ccc(NC(=O)c2ccc(N3CCCC3)nn2)c(Cl)c1. The number of benzene rings is 1. The number of nitrogens with zero attached hydrogens (tertiary/aromatic N) is 3. The fraction of sp³-hybridized carbons (Fsp3) is 0.312. The Labute approximate surface area is 134 Å². The van der Waals surface area contributed by atoms with Gasteiger partial charge in [0.15, 0.2) is 11.5 Å². The van der Waals surface area contributed by atoms with Crippen LogP contribution in [-0.2, 0) is 0 Å². The van der Waals surface area contributed by atoms with Crippen molar-refractivity contribution in [1.82, 2.24) is 10.2 Å². The highest BCUT2D eigenvalue weighted by molar-refractivity contribution is 6.34. The lowest BCUT2D eigenvalue weighted by Gasteiger charge is -2.15. The molecular formula is C16H17ClN4O. The minimum absolute atomic E-state index is 0.277. The van der Waals surface area contributed by atoms with Crippen LogP contribution in [0.15, 0.2) is 30.3 Å². The van der Waals surface area contributed by atoms with Gasteiger partial charge in [-0.2, -0.15) is 0 Å². The van der Waals surface area contributed by atoms with Gasteiger partial charge in [-0.05, 0) is 49.6 Å². The molecule has 1 saturated heterocycles. The first-order valence-corrected chi connectivity index (χ1v) is 7.67. The first kappa shape index (κ1) is 14.8. The van der Waals surface area contributed by atoms with Crippen LogP contribution in [0.5, 0.6) is 0 Å². The summed E-state index contributed by atoms with van der Waals surface area (Å²) in [6.07, 6.45) is 2.35. The first-order valence-electron chi connectivity index (χ1n) is 7.30. The summed E-state index contributed by atoms with van der Waals surface area (Å²) in [5, 5.41) is 11.4. The summed E-state index contributed by atoms with van der Waals surface area (Å²) in [4.78, 5) is 14.4. The fourth-order valence-corrected chi connectivity index (χ4v) is 2.75. The normalized spacial score (nSPS) is 14.2. The van der Waals surface area contributed by atoms with E-state index in [4.69, 9.17) is 11.6 Å². The van der Waals surface area contributed by atoms with E-state index in [0.717, 1.165) is 24.5 Å². The standard InChI is InChI=1S/C16H17ClN4O/c1-11-4-5-13(12(17)10-11)18-16(22)14-6-7-15(20-19-14)21-8-2-3-9-21/h4-7,10H,2-3,8-9H2,1H3,(H,18,22). The summed E-state index contributed by atoms with van der Waals surface area (Å²) in [5.74, 6) is 0.508. The summed E-state index contributed by atoms with van der Waals surface area (Å²) in [6, 6.07) is 9.01. The van der Waals surface area contributed by atoms with Gasteiger partial charge in [-0.3, -0.25) is 4.79 Å². The number of hydrogen-bond acceptors (Lipinski definition) is 4. The van der Waals surface area contributed by atoms with Gasteiger partial charge < -0.3 is 10.2 Å². The van der Waals surface area contributed by atoms with Gasteiger partial charge in [0.2, 0.25) is 0 Å². The monoisotopic (exact) mass is 316 g/mol. The lowest BCUT2D eigenvalue weighted by atomic mass is 10.2. The molecule has 0 radical (unpaired) electrons. The summed E-state index contributed by atoms with van der Waals surface area (Å²) in [7, 11) is 0. The molecule has 1 amide bonds. The van der Waals surface area contributed by atoms with Gasteiger partial charge >= 0.3 is 0 Å². The van der Waals surface area contributed by atoms with Gasteiger partial charge in [0, 0.05) is 13.1 Å². The average Bonchev–Trinajstić information content (AvgIpc) is 3.04. The van der Waals surface area contributed by atoms with Gasteiger partial charge in [-0.15, -0.1) is 10.2 Å². The molecule has 1 aliphatic rings. The van der Waals surface area contributed by atoms with E-state index < -0.39 is 0 Å². The quantitative estimate of drug-likeness (QED) is 0.944. The van der Waals surface area contributed by atoms with Crippen molar-refractivity contribution < 1.29 is 4.79 Å². The third-order valence-corrected chi connectivity index (χ3v) is 4.00. The van der Waals surface area contributed by atoms with Gasteiger partial charge in [0.1, 0.15) is 0 Å². The molecule has 2 heterocycles. The second-order valence-electron chi connectivity index (χ2n) is 5.41. The highest BCUT2D eigenvalue weighted by Crippen LogP contribution is 2.23. The fourth-order valence-electron chi connectivity index (χ4n) is 2.47. The molecule has 1 N–H and O–H groups in total. The van der Waals surface area contributed by atoms with Crippen LogP contribution in [0.3, 0.4) is 0 Å². The predicted octanol–water partition coefficient (Wildman–Crippen LogP) is 3.29. The molecule has 22 heavy (non-hydrogen) atoms. The van der Waals surface area contributed by atoms with Crippen LogP contribution in [0.25, 0.3) is 0 Å². The van der Waals surface area contributed by atoms with E-state index >= 15 is 0 Å². The Morgan fingerprint density at radius 1 is 1.18 bits per heavy atom. The van der Waals surface area contributed by atoms with Gasteiger partial charge in [-0.1, -0.05) is 17.7 Å². The first-order chi connectivity index (χ1) is 10.6. The van der Waals surface area contributed by atoms with Crippen molar-refractivity contribution in [3.8, 4) is 0 Å². The van der Waals surface area contributed by atoms with Crippen molar-refractivity contribution in [3.63, 3.8) is 0 Å². The highest BCUT2D eigenvalue weighted by Gasteiger charge is 2.15. The number of hydrogen-bond donors (Lipinski definition) is 1. The zero-order valence-corrected chi connectivity index (χ0v) is 13.1. The van der Waals surface area contributed by atoms with E-state index in [1.807, 2.05) is 19.1 Å². The number of amides is 1. The number of carbonyl (C=O) groups is 1. The van der Waals surface area contributed by atoms with Crippen molar-refractivity contribution in [2.75, 3.05) is 23.3 Å². The predicted molar refractivity (Wildman–Crippen MR) is 87.6 cm³/mol. The van der Waals surface area contributed by atoms with E-state index in [9.17, 15) is 4.79 Å². The van der Waals surface area contributed by atoms with E-state index in [2.05, 4.69) is 20.4 Å². The maximum Gasteiger partial charge on any atom is 0.276 e. The van der Waals surface area contributed by atoms with Crippen molar-refractivity contribution in [1.29, 1.82) is 0 Å². The van der Waals surface area contributed by atoms with Crippen molar-refractivity contribution in [2.45, 2.75) is 19.8 Å². The number of aryl methyl sites for hydroxylation is 1. The second-order valence-corrected chi connectivity index (χ2v) is 5.82. The third-order valence-electron chi connectivity index (χ3n) is 3.69. The van der Waals surface area contributed by atoms with Crippen molar-refractivity contribution in [2.24, 2.45) is 0 Å². The molecule has 1 fully saturated rings. The molecule has 0 aliphatic carbocycles. The molecule has 6 heteroatoms. The zero-order valence-electron chi connectivity index (χ0n) is 12.3. The van der Waals surface area contributed by atoms with Crippen molar-refractivity contribution in [3.05, 3.63) is 46.6 Å². The number of rotatable bonds is 3. The number of carbonyl (C=O) groups excluding carboxylic acids is 1. The van der Waals surface area contributed by atoms with E-state index in [1.165, 1.54) is 12.8 Å². The Morgan fingerprint density at radius 2 is 1.95 bits per heavy atom. The topological polar surface area (TPSA) is 58.1 Å². The molecule has 0 atom stereocenters. The minimum atomic E-state index is -0.314. The zero-order chi connectivity index (χ0) is 15.5. The van der Waals surface area contributed by atoms with Crippen LogP contribution in [0.2, 0.25) is 5.02 Å². The Balaban J connectivity index is 1.71. The summed E-state index contributed by atoms with van der Waals surface area (Å²) in [6.45, 7) is 3.94. The van der Waals surface area contributed by atoms with Gasteiger partial charge in [0.25, 0.3) is 5.91 Å². The van der Waals surface area contributed by atoms with Crippen LogP contribution < -0.4 is 10.2 Å². The summed E-state index contributed by atoms with van der Waals surface area (Å²) < 4.78 is 0. The van der Waals surface area contributed by atoms with Crippen LogP contribution >= 0.6 is 11.6 Å². The molecular weight excluding hydrogens is 300 g/mol. The molecule has 1 aromatic heterocycles. The Hall–Kier alpha value is -2.14. The number of halogens is 1.